The van der Waals surface area contributed by atoms with Crippen LogP contribution in [-0.2, 0) is 17.6 Å². The van der Waals surface area contributed by atoms with Crippen LogP contribution in [0.3, 0.4) is 0 Å². The molecule has 0 saturated heterocycles. The van der Waals surface area contributed by atoms with E-state index in [2.05, 4.69) is 17.4 Å². The number of carbonyl (C=O) groups is 2. The molecule has 3 aromatic carbocycles. The highest BCUT2D eigenvalue weighted by molar-refractivity contribution is 6.08. The van der Waals surface area contributed by atoms with Crippen molar-refractivity contribution >= 4 is 28.5 Å². The number of fused-ring (bicyclic) bond motifs is 2. The van der Waals surface area contributed by atoms with Crippen molar-refractivity contribution in [2.75, 3.05) is 11.9 Å². The molecule has 0 aliphatic carbocycles. The predicted molar refractivity (Wildman–Crippen MR) is 140 cm³/mol. The number of ether oxygens (including phenoxy) is 2. The van der Waals surface area contributed by atoms with Crippen LogP contribution >= 0.6 is 0 Å². The fourth-order valence-corrected chi connectivity index (χ4v) is 4.61. The van der Waals surface area contributed by atoms with E-state index < -0.39 is 23.1 Å². The molecule has 2 heterocycles. The van der Waals surface area contributed by atoms with Gasteiger partial charge < -0.3 is 19.2 Å². The average molecular weight is 516 g/mol. The summed E-state index contributed by atoms with van der Waals surface area (Å²) in [7, 11) is 0. The summed E-state index contributed by atoms with van der Waals surface area (Å²) < 4.78 is 30.8. The highest BCUT2D eigenvalue weighted by Gasteiger charge is 2.24. The van der Waals surface area contributed by atoms with Crippen molar-refractivity contribution in [3.05, 3.63) is 105 Å². The quantitative estimate of drug-likeness (QED) is 0.303. The van der Waals surface area contributed by atoms with Gasteiger partial charge in [-0.05, 0) is 61.6 Å². The number of esters is 1. The number of nitrogens with one attached hydrogen (secondary N) is 1. The van der Waals surface area contributed by atoms with Crippen LogP contribution in [0.5, 0.6) is 5.75 Å². The maximum Gasteiger partial charge on any atom is 0.374 e. The molecule has 0 saturated carbocycles. The van der Waals surface area contributed by atoms with Gasteiger partial charge in [0.15, 0.2) is 11.0 Å². The van der Waals surface area contributed by atoms with Gasteiger partial charge >= 0.3 is 5.97 Å². The van der Waals surface area contributed by atoms with Crippen LogP contribution < -0.4 is 15.5 Å². The van der Waals surface area contributed by atoms with E-state index in [0.717, 1.165) is 48.8 Å². The zero-order valence-electron chi connectivity index (χ0n) is 20.8. The molecule has 1 atom stereocenters. The molecule has 194 valence electrons. The Balaban J connectivity index is 1.31. The smallest absolute Gasteiger partial charge is 0.374 e. The summed E-state index contributed by atoms with van der Waals surface area (Å²) in [6.45, 7) is 1.70. The molecule has 8 heteroatoms. The molecule has 0 spiro atoms. The molecule has 1 N–H and O–H groups in total. The van der Waals surface area contributed by atoms with Gasteiger partial charge in [0.25, 0.3) is 5.91 Å². The zero-order valence-corrected chi connectivity index (χ0v) is 20.8. The first-order chi connectivity index (χ1) is 18.4. The van der Waals surface area contributed by atoms with Crippen molar-refractivity contribution in [1.82, 2.24) is 0 Å². The van der Waals surface area contributed by atoms with Crippen LogP contribution in [0.25, 0.3) is 11.0 Å². The van der Waals surface area contributed by atoms with E-state index in [4.69, 9.17) is 13.9 Å². The molecule has 1 amide bonds. The Kier molecular flexibility index (Phi) is 7.22. The molecule has 1 aliphatic heterocycles. The van der Waals surface area contributed by atoms with E-state index in [0.29, 0.717) is 12.0 Å². The van der Waals surface area contributed by atoms with Crippen molar-refractivity contribution < 1.29 is 27.9 Å². The summed E-state index contributed by atoms with van der Waals surface area (Å²) in [4.78, 5) is 37.7. The molecule has 5 rings (SSSR count). The zero-order chi connectivity index (χ0) is 26.6. The molecule has 1 aromatic heterocycles. The number of anilines is 1. The SMILES string of the molecule is CCOC(=O)c1cc(=O)c2cc(F)cc(NC(=O)c3ccc4c(c3)CC(CCCc3ccccc3)O4)c2o1. The number of rotatable bonds is 8. The molecule has 7 nitrogen and oxygen atoms in total. The second-order valence-corrected chi connectivity index (χ2v) is 9.12. The lowest BCUT2D eigenvalue weighted by atomic mass is 10.0. The Labute approximate surface area is 218 Å². The minimum Gasteiger partial charge on any atom is -0.490 e. The van der Waals surface area contributed by atoms with Crippen LogP contribution in [0.2, 0.25) is 0 Å². The maximum absolute atomic E-state index is 14.3. The standard InChI is InChI=1S/C30H26FNO6/c1-2-36-30(35)27-17-25(33)23-15-21(31)16-24(28(23)38-27)32-29(34)19-11-12-26-20(13-19)14-22(37-26)10-6-9-18-7-4-3-5-8-18/h3-5,7-8,11-13,15-17,22H,2,6,9-10,14H2,1H3,(H,32,34). The van der Waals surface area contributed by atoms with Gasteiger partial charge in [-0.15, -0.1) is 0 Å². The number of aryl methyl sites for hydroxylation is 1. The van der Waals surface area contributed by atoms with Gasteiger partial charge in [-0.2, -0.15) is 0 Å². The van der Waals surface area contributed by atoms with Gasteiger partial charge in [0, 0.05) is 24.1 Å². The van der Waals surface area contributed by atoms with E-state index in [1.54, 1.807) is 25.1 Å². The first kappa shape index (κ1) is 25.2. The Morgan fingerprint density at radius 2 is 1.89 bits per heavy atom. The molecule has 0 radical (unpaired) electrons. The van der Waals surface area contributed by atoms with Crippen LogP contribution in [0.4, 0.5) is 10.1 Å². The summed E-state index contributed by atoms with van der Waals surface area (Å²) in [6, 6.07) is 18.4. The lowest BCUT2D eigenvalue weighted by Crippen LogP contribution is -2.15. The highest BCUT2D eigenvalue weighted by Crippen LogP contribution is 2.32. The van der Waals surface area contributed by atoms with Crippen molar-refractivity contribution in [3.63, 3.8) is 0 Å². The second-order valence-electron chi connectivity index (χ2n) is 9.12. The van der Waals surface area contributed by atoms with Gasteiger partial charge in [-0.25, -0.2) is 9.18 Å². The molecule has 0 fully saturated rings. The van der Waals surface area contributed by atoms with Crippen molar-refractivity contribution in [2.45, 2.75) is 38.7 Å². The Morgan fingerprint density at radius 3 is 2.68 bits per heavy atom. The third-order valence-electron chi connectivity index (χ3n) is 6.42. The summed E-state index contributed by atoms with van der Waals surface area (Å²) in [5, 5.41) is 2.52. The molecule has 1 aliphatic rings. The number of hydrogen-bond acceptors (Lipinski definition) is 6. The lowest BCUT2D eigenvalue weighted by molar-refractivity contribution is 0.0490. The highest BCUT2D eigenvalue weighted by atomic mass is 19.1. The van der Waals surface area contributed by atoms with Crippen molar-refractivity contribution in [1.29, 1.82) is 0 Å². The van der Waals surface area contributed by atoms with E-state index in [1.165, 1.54) is 5.56 Å². The molecule has 1 unspecified atom stereocenters. The van der Waals surface area contributed by atoms with Gasteiger partial charge in [0.1, 0.15) is 17.7 Å². The Morgan fingerprint density at radius 1 is 1.08 bits per heavy atom. The van der Waals surface area contributed by atoms with E-state index in [-0.39, 0.29) is 35.1 Å². The van der Waals surface area contributed by atoms with Gasteiger partial charge in [0.05, 0.1) is 17.7 Å². The van der Waals surface area contributed by atoms with Crippen LogP contribution in [0.1, 0.15) is 51.8 Å². The summed E-state index contributed by atoms with van der Waals surface area (Å²) in [6.07, 6.45) is 3.57. The van der Waals surface area contributed by atoms with Gasteiger partial charge in [0.2, 0.25) is 5.76 Å². The predicted octanol–water partition coefficient (Wildman–Crippen LogP) is 5.69. The topological polar surface area (TPSA) is 94.8 Å². The van der Waals surface area contributed by atoms with Gasteiger partial charge in [-0.1, -0.05) is 30.3 Å². The third-order valence-corrected chi connectivity index (χ3v) is 6.42. The van der Waals surface area contributed by atoms with E-state index in [1.807, 2.05) is 18.2 Å². The fraction of sp³-hybridized carbons (Fsp3) is 0.233. The average Bonchev–Trinajstić information content (AvgIpc) is 3.32. The number of benzene rings is 3. The number of amides is 1. The first-order valence-electron chi connectivity index (χ1n) is 12.5. The molecular formula is C30H26FNO6. The van der Waals surface area contributed by atoms with E-state index in [9.17, 15) is 18.8 Å². The number of carbonyl (C=O) groups excluding carboxylic acids is 2. The minimum absolute atomic E-state index is 0.0368. The molecule has 4 aromatic rings. The summed E-state index contributed by atoms with van der Waals surface area (Å²) in [5.41, 5.74) is 1.75. The molecular weight excluding hydrogens is 489 g/mol. The Bertz CT molecular complexity index is 1560. The minimum atomic E-state index is -0.829. The normalized spacial score (nSPS) is 14.1. The third kappa shape index (κ3) is 5.44. The Hall–Kier alpha value is -4.46. The maximum atomic E-state index is 14.3. The molecule has 38 heavy (non-hydrogen) atoms. The van der Waals surface area contributed by atoms with Crippen LogP contribution in [0.15, 0.2) is 75.9 Å². The largest absolute Gasteiger partial charge is 0.490 e. The first-order valence-corrected chi connectivity index (χ1v) is 12.5. The van der Waals surface area contributed by atoms with Gasteiger partial charge in [-0.3, -0.25) is 9.59 Å². The van der Waals surface area contributed by atoms with Crippen LogP contribution in [0, 0.1) is 5.82 Å². The lowest BCUT2D eigenvalue weighted by Gasteiger charge is -2.10. The van der Waals surface area contributed by atoms with Crippen LogP contribution in [-0.4, -0.2) is 24.6 Å². The monoisotopic (exact) mass is 515 g/mol. The second kappa shape index (κ2) is 10.9. The number of halogens is 1. The fourth-order valence-electron chi connectivity index (χ4n) is 4.61. The molecule has 0 bridgehead atoms. The summed E-state index contributed by atoms with van der Waals surface area (Å²) >= 11 is 0. The summed E-state index contributed by atoms with van der Waals surface area (Å²) in [5.74, 6) is -1.67. The van der Waals surface area contributed by atoms with Crippen molar-refractivity contribution in [2.24, 2.45) is 0 Å². The van der Waals surface area contributed by atoms with E-state index >= 15 is 0 Å². The number of hydrogen-bond donors (Lipinski definition) is 1. The van der Waals surface area contributed by atoms with Crippen molar-refractivity contribution in [3.8, 4) is 5.75 Å².